The van der Waals surface area contributed by atoms with Crippen molar-refractivity contribution in [2.45, 2.75) is 129 Å². The van der Waals surface area contributed by atoms with Crippen LogP contribution in [0.1, 0.15) is 129 Å². The number of carbonyl (C=O) groups is 2. The van der Waals surface area contributed by atoms with Crippen LogP contribution in [0.25, 0.3) is 0 Å². The van der Waals surface area contributed by atoms with Gasteiger partial charge >= 0.3 is 11.9 Å². The molecule has 0 aromatic heterocycles. The zero-order valence-electron chi connectivity index (χ0n) is 30.1. The number of aliphatic carboxylic acids is 2. The molecule has 2 N–H and O–H groups in total. The molecule has 0 aromatic rings. The van der Waals surface area contributed by atoms with Crippen LogP contribution in [0.4, 0.5) is 0 Å². The number of carboxylic acid groups (broad SMARTS) is 2. The lowest BCUT2D eigenvalue weighted by Crippen LogP contribution is -1.93. The first-order chi connectivity index (χ1) is 23.5. The maximum atomic E-state index is 10.3. The molecule has 4 heteroatoms. The maximum Gasteiger partial charge on any atom is 0.303 e. The molecule has 0 spiro atoms. The molecule has 0 heterocycles. The number of rotatable bonds is 29. The van der Waals surface area contributed by atoms with E-state index in [0.717, 1.165) is 96.3 Å². The van der Waals surface area contributed by atoms with Crippen LogP contribution < -0.4 is 0 Å². The summed E-state index contributed by atoms with van der Waals surface area (Å²) < 4.78 is 0. The van der Waals surface area contributed by atoms with Crippen molar-refractivity contribution in [3.8, 4) is 0 Å². The molecule has 0 saturated heterocycles. The summed E-state index contributed by atoms with van der Waals surface area (Å²) in [5.74, 6) is -1.43. The van der Waals surface area contributed by atoms with Crippen molar-refractivity contribution in [2.75, 3.05) is 0 Å². The second kappa shape index (κ2) is 43.1. The number of carboxylic acids is 2. The standard InChI is InChI=1S/C22H34O2.C22H32O2/c2*1-2-3-4-5-6-7-8-9-10-11-12-13-14-15-16-17-18-19-20-21-22(23)24/h3-4,6-7,9-10,12-13,15-16H,2,5,8,11,14,17-21H2,1H3,(H,23,24);3-4,6-7,9-10,12-13,15-16,18-19H,2,5,8,11,14,17,20-21H2,1H3,(H,23,24)/b4-3-,7-6-,10-9-,13-12-,16-15-;4-3-,7-6-,10-9-,13-12-,16-15-,19-18-. The van der Waals surface area contributed by atoms with E-state index in [1.165, 1.54) is 0 Å². The van der Waals surface area contributed by atoms with E-state index in [1.54, 1.807) is 0 Å². The third-order valence-corrected chi connectivity index (χ3v) is 6.54. The molecule has 0 aliphatic heterocycles. The van der Waals surface area contributed by atoms with Crippen molar-refractivity contribution in [3.05, 3.63) is 134 Å². The minimum atomic E-state index is -0.741. The fraction of sp³-hybridized carbons (Fsp3) is 0.455. The van der Waals surface area contributed by atoms with E-state index >= 15 is 0 Å². The third-order valence-electron chi connectivity index (χ3n) is 6.54. The van der Waals surface area contributed by atoms with Crippen molar-refractivity contribution in [1.82, 2.24) is 0 Å². The molecule has 0 aliphatic carbocycles. The summed E-state index contributed by atoms with van der Waals surface area (Å²) in [6.07, 6.45) is 63.8. The molecule has 0 amide bonds. The first-order valence-corrected chi connectivity index (χ1v) is 18.1. The summed E-state index contributed by atoms with van der Waals surface area (Å²) in [6, 6.07) is 0. The zero-order chi connectivity index (χ0) is 35.4. The Kier molecular flexibility index (Phi) is 41.5. The Morgan fingerprint density at radius 1 is 0.333 bits per heavy atom. The molecule has 0 bridgehead atoms. The Morgan fingerprint density at radius 2 is 0.604 bits per heavy atom. The van der Waals surface area contributed by atoms with E-state index in [9.17, 15) is 9.59 Å². The summed E-state index contributed by atoms with van der Waals surface area (Å²) in [4.78, 5) is 20.7. The van der Waals surface area contributed by atoms with Gasteiger partial charge in [0.15, 0.2) is 0 Å². The summed E-state index contributed by atoms with van der Waals surface area (Å²) in [6.45, 7) is 4.30. The van der Waals surface area contributed by atoms with Gasteiger partial charge in [-0.3, -0.25) is 9.59 Å². The van der Waals surface area contributed by atoms with Crippen LogP contribution in [-0.2, 0) is 9.59 Å². The van der Waals surface area contributed by atoms with E-state index in [2.05, 4.69) is 135 Å². The van der Waals surface area contributed by atoms with Gasteiger partial charge in [-0.05, 0) is 96.3 Å². The van der Waals surface area contributed by atoms with Gasteiger partial charge in [0.05, 0.1) is 0 Å². The number of unbranched alkanes of at least 4 members (excludes halogenated alkanes) is 3. The van der Waals surface area contributed by atoms with E-state index < -0.39 is 11.9 Å². The molecule has 0 radical (unpaired) electrons. The average molecular weight is 659 g/mol. The van der Waals surface area contributed by atoms with Crippen molar-refractivity contribution in [1.29, 1.82) is 0 Å². The van der Waals surface area contributed by atoms with Crippen LogP contribution in [0.5, 0.6) is 0 Å². The van der Waals surface area contributed by atoms with Crippen molar-refractivity contribution < 1.29 is 19.8 Å². The van der Waals surface area contributed by atoms with Gasteiger partial charge in [-0.15, -0.1) is 0 Å². The zero-order valence-corrected chi connectivity index (χ0v) is 30.1. The molecule has 0 fully saturated rings. The Labute approximate surface area is 294 Å². The first kappa shape index (κ1) is 46.2. The molecule has 266 valence electrons. The highest BCUT2D eigenvalue weighted by atomic mass is 16.4. The molecular weight excluding hydrogens is 592 g/mol. The Balaban J connectivity index is 0. The van der Waals surface area contributed by atoms with Gasteiger partial charge in [0.25, 0.3) is 0 Å². The average Bonchev–Trinajstić information content (AvgIpc) is 3.07. The van der Waals surface area contributed by atoms with Gasteiger partial charge in [0.2, 0.25) is 0 Å². The van der Waals surface area contributed by atoms with Crippen LogP contribution in [0, 0.1) is 0 Å². The Hall–Kier alpha value is -3.92. The lowest BCUT2D eigenvalue weighted by atomic mass is 10.1. The van der Waals surface area contributed by atoms with Crippen molar-refractivity contribution in [3.63, 3.8) is 0 Å². The summed E-state index contributed by atoms with van der Waals surface area (Å²) >= 11 is 0. The second-order valence-electron chi connectivity index (χ2n) is 11.0. The molecule has 0 unspecified atom stereocenters. The topological polar surface area (TPSA) is 74.6 Å². The quantitative estimate of drug-likeness (QED) is 0.0619. The van der Waals surface area contributed by atoms with Gasteiger partial charge in [-0.2, -0.15) is 0 Å². The fourth-order valence-corrected chi connectivity index (χ4v) is 3.93. The second-order valence-corrected chi connectivity index (χ2v) is 11.0. The molecule has 0 rings (SSSR count). The molecular formula is C44H66O4. The van der Waals surface area contributed by atoms with Gasteiger partial charge in [0, 0.05) is 12.8 Å². The number of hydrogen-bond donors (Lipinski definition) is 2. The highest BCUT2D eigenvalue weighted by Crippen LogP contribution is 2.04. The highest BCUT2D eigenvalue weighted by Gasteiger charge is 1.94. The van der Waals surface area contributed by atoms with E-state index in [-0.39, 0.29) is 6.42 Å². The van der Waals surface area contributed by atoms with E-state index in [0.29, 0.717) is 12.8 Å². The first-order valence-electron chi connectivity index (χ1n) is 18.1. The van der Waals surface area contributed by atoms with Crippen molar-refractivity contribution in [2.24, 2.45) is 0 Å². The molecule has 48 heavy (non-hydrogen) atoms. The SMILES string of the molecule is CC/C=C\C/C=C\C/C=C\C/C=C\C/C=C\C/C=C\CCC(=O)O.CC/C=C\C/C=C\C/C=C\C/C=C\C/C=C\CCCCCC(=O)O. The normalized spacial score (nSPS) is 12.9. The van der Waals surface area contributed by atoms with Crippen molar-refractivity contribution >= 4 is 11.9 Å². The highest BCUT2D eigenvalue weighted by molar-refractivity contribution is 5.67. The molecule has 0 saturated carbocycles. The summed E-state index contributed by atoms with van der Waals surface area (Å²) in [5, 5.41) is 17.0. The molecule has 0 aromatic carbocycles. The van der Waals surface area contributed by atoms with Gasteiger partial charge < -0.3 is 10.2 Å². The molecule has 0 atom stereocenters. The minimum Gasteiger partial charge on any atom is -0.481 e. The van der Waals surface area contributed by atoms with E-state index in [4.69, 9.17) is 10.2 Å². The van der Waals surface area contributed by atoms with Crippen LogP contribution >= 0.6 is 0 Å². The predicted octanol–water partition coefficient (Wildman–Crippen LogP) is 13.3. The van der Waals surface area contributed by atoms with Gasteiger partial charge in [-0.1, -0.05) is 154 Å². The largest absolute Gasteiger partial charge is 0.481 e. The third kappa shape index (κ3) is 49.0. The maximum absolute atomic E-state index is 10.3. The lowest BCUT2D eigenvalue weighted by molar-refractivity contribution is -0.138. The van der Waals surface area contributed by atoms with Gasteiger partial charge in [-0.25, -0.2) is 0 Å². The van der Waals surface area contributed by atoms with Crippen LogP contribution in [0.2, 0.25) is 0 Å². The van der Waals surface area contributed by atoms with Crippen LogP contribution in [-0.4, -0.2) is 22.2 Å². The minimum absolute atomic E-state index is 0.210. The number of hydrogen-bond acceptors (Lipinski definition) is 2. The Bertz CT molecular complexity index is 1060. The molecule has 0 aliphatic rings. The summed E-state index contributed by atoms with van der Waals surface area (Å²) in [5.41, 5.74) is 0. The predicted molar refractivity (Wildman–Crippen MR) is 210 cm³/mol. The Morgan fingerprint density at radius 3 is 0.896 bits per heavy atom. The van der Waals surface area contributed by atoms with Gasteiger partial charge in [0.1, 0.15) is 0 Å². The van der Waals surface area contributed by atoms with Crippen LogP contribution in [0.3, 0.4) is 0 Å². The smallest absolute Gasteiger partial charge is 0.303 e. The fourth-order valence-electron chi connectivity index (χ4n) is 3.93. The lowest BCUT2D eigenvalue weighted by Gasteiger charge is -1.94. The number of allylic oxidation sites excluding steroid dienone is 22. The van der Waals surface area contributed by atoms with Crippen LogP contribution in [0.15, 0.2) is 134 Å². The monoisotopic (exact) mass is 658 g/mol. The summed E-state index contributed by atoms with van der Waals surface area (Å²) in [7, 11) is 0. The molecule has 4 nitrogen and oxygen atoms in total. The van der Waals surface area contributed by atoms with E-state index in [1.807, 2.05) is 12.2 Å².